The van der Waals surface area contributed by atoms with Gasteiger partial charge in [0.2, 0.25) is 5.91 Å². The second-order valence-corrected chi connectivity index (χ2v) is 4.78. The van der Waals surface area contributed by atoms with Crippen molar-refractivity contribution >= 4 is 17.4 Å². The molecule has 2 aromatic carbocycles. The molecule has 0 saturated carbocycles. The Bertz CT molecular complexity index is 772. The maximum absolute atomic E-state index is 12.8. The van der Waals surface area contributed by atoms with Crippen molar-refractivity contribution in [1.82, 2.24) is 0 Å². The minimum Gasteiger partial charge on any atom is -0.323 e. The first-order valence-corrected chi connectivity index (χ1v) is 6.83. The Balaban J connectivity index is 1.88. The van der Waals surface area contributed by atoms with Crippen molar-refractivity contribution in [3.63, 3.8) is 0 Å². The number of halogens is 1. The van der Waals surface area contributed by atoms with Crippen molar-refractivity contribution in [2.75, 3.05) is 5.32 Å². The lowest BCUT2D eigenvalue weighted by atomic mass is 10.1. The Hall–Kier alpha value is -3.26. The van der Waals surface area contributed by atoms with E-state index in [-0.39, 0.29) is 18.0 Å². The number of ketones is 1. The zero-order valence-corrected chi connectivity index (χ0v) is 12.1. The van der Waals surface area contributed by atoms with Crippen LogP contribution in [0.15, 0.2) is 60.7 Å². The third-order valence-corrected chi connectivity index (χ3v) is 2.99. The molecule has 2 aromatic rings. The van der Waals surface area contributed by atoms with Crippen molar-refractivity contribution in [2.45, 2.75) is 6.42 Å². The van der Waals surface area contributed by atoms with Crippen LogP contribution in [0.4, 0.5) is 10.1 Å². The van der Waals surface area contributed by atoms with Crippen molar-refractivity contribution in [3.05, 3.63) is 77.6 Å². The third kappa shape index (κ3) is 5.21. The van der Waals surface area contributed by atoms with E-state index in [2.05, 4.69) is 5.32 Å². The molecule has 23 heavy (non-hydrogen) atoms. The molecule has 0 fully saturated rings. The van der Waals surface area contributed by atoms with E-state index in [1.54, 1.807) is 24.3 Å². The van der Waals surface area contributed by atoms with Crippen LogP contribution < -0.4 is 5.32 Å². The average Bonchev–Trinajstić information content (AvgIpc) is 2.56. The largest absolute Gasteiger partial charge is 0.323 e. The molecule has 5 heteroatoms. The molecule has 0 aliphatic carbocycles. The summed E-state index contributed by atoms with van der Waals surface area (Å²) in [5.41, 5.74) is 1.70. The second-order valence-electron chi connectivity index (χ2n) is 4.78. The van der Waals surface area contributed by atoms with E-state index >= 15 is 0 Å². The molecule has 0 spiro atoms. The summed E-state index contributed by atoms with van der Waals surface area (Å²) in [5, 5.41) is 11.3. The Morgan fingerprint density at radius 3 is 2.30 bits per heavy atom. The summed E-state index contributed by atoms with van der Waals surface area (Å²) < 4.78 is 12.8. The van der Waals surface area contributed by atoms with Crippen LogP contribution in [0.5, 0.6) is 0 Å². The number of hydrogen-bond donors (Lipinski definition) is 1. The Morgan fingerprint density at radius 2 is 1.70 bits per heavy atom. The van der Waals surface area contributed by atoms with E-state index < -0.39 is 5.91 Å². The fourth-order valence-electron chi connectivity index (χ4n) is 1.84. The van der Waals surface area contributed by atoms with E-state index in [1.807, 2.05) is 6.07 Å². The van der Waals surface area contributed by atoms with Gasteiger partial charge in [0.25, 0.3) is 0 Å². The number of benzene rings is 2. The van der Waals surface area contributed by atoms with Gasteiger partial charge in [0.05, 0.1) is 11.6 Å². The summed E-state index contributed by atoms with van der Waals surface area (Å²) in [7, 11) is 0. The molecule has 114 valence electrons. The summed E-state index contributed by atoms with van der Waals surface area (Å²) in [4.78, 5) is 23.4. The van der Waals surface area contributed by atoms with Crippen molar-refractivity contribution in [2.24, 2.45) is 0 Å². The number of carbonyl (C=O) groups excluding carboxylic acids is 2. The monoisotopic (exact) mass is 308 g/mol. The van der Waals surface area contributed by atoms with E-state index in [4.69, 9.17) is 5.26 Å². The SMILES string of the molecule is N#Cc1ccc(NC(=O)/C=C/C(=O)Cc2ccc(F)cc2)cc1. The van der Waals surface area contributed by atoms with Gasteiger partial charge in [-0.25, -0.2) is 4.39 Å². The van der Waals surface area contributed by atoms with Gasteiger partial charge in [0.1, 0.15) is 5.82 Å². The van der Waals surface area contributed by atoms with E-state index in [0.29, 0.717) is 16.8 Å². The van der Waals surface area contributed by atoms with Crippen LogP contribution in [0.2, 0.25) is 0 Å². The van der Waals surface area contributed by atoms with Gasteiger partial charge in [-0.3, -0.25) is 9.59 Å². The molecule has 0 saturated heterocycles. The molecule has 0 aromatic heterocycles. The molecule has 1 amide bonds. The van der Waals surface area contributed by atoms with Crippen LogP contribution in [-0.4, -0.2) is 11.7 Å². The highest BCUT2D eigenvalue weighted by atomic mass is 19.1. The zero-order chi connectivity index (χ0) is 16.7. The smallest absolute Gasteiger partial charge is 0.248 e. The van der Waals surface area contributed by atoms with E-state index in [0.717, 1.165) is 6.08 Å². The van der Waals surface area contributed by atoms with Crippen molar-refractivity contribution in [3.8, 4) is 6.07 Å². The number of nitrogens with one attached hydrogen (secondary N) is 1. The number of anilines is 1. The van der Waals surface area contributed by atoms with Gasteiger partial charge in [-0.1, -0.05) is 12.1 Å². The van der Waals surface area contributed by atoms with E-state index in [1.165, 1.54) is 30.3 Å². The predicted octanol–water partition coefficient (Wildman–Crippen LogP) is 3.00. The molecule has 0 atom stereocenters. The summed E-state index contributed by atoms with van der Waals surface area (Å²) in [6.45, 7) is 0. The minimum absolute atomic E-state index is 0.0981. The highest BCUT2D eigenvalue weighted by Crippen LogP contribution is 2.09. The summed E-state index contributed by atoms with van der Waals surface area (Å²) in [6, 6.07) is 14.0. The Morgan fingerprint density at radius 1 is 1.04 bits per heavy atom. The summed E-state index contributed by atoms with van der Waals surface area (Å²) >= 11 is 0. The van der Waals surface area contributed by atoms with Crippen LogP contribution in [0.25, 0.3) is 0 Å². The lowest BCUT2D eigenvalue weighted by Gasteiger charge is -2.01. The molecule has 0 heterocycles. The number of rotatable bonds is 5. The van der Waals surface area contributed by atoms with Gasteiger partial charge in [-0.05, 0) is 48.0 Å². The Kier molecular flexibility index (Phi) is 5.37. The quantitative estimate of drug-likeness (QED) is 0.863. The molecular formula is C18H13FN2O2. The van der Waals surface area contributed by atoms with Crippen LogP contribution in [0, 0.1) is 17.1 Å². The normalized spacial score (nSPS) is 10.3. The molecular weight excluding hydrogens is 295 g/mol. The number of nitriles is 1. The molecule has 0 aliphatic rings. The average molecular weight is 308 g/mol. The second kappa shape index (κ2) is 7.66. The summed E-state index contributed by atoms with van der Waals surface area (Å²) in [5.74, 6) is -1.06. The van der Waals surface area contributed by atoms with Crippen molar-refractivity contribution in [1.29, 1.82) is 5.26 Å². The topological polar surface area (TPSA) is 70.0 Å². The first-order chi connectivity index (χ1) is 11.1. The van der Waals surface area contributed by atoms with Gasteiger partial charge >= 0.3 is 0 Å². The zero-order valence-electron chi connectivity index (χ0n) is 12.1. The standard InChI is InChI=1S/C18H13FN2O2/c19-15-5-1-13(2-6-15)11-17(22)9-10-18(23)21-16-7-3-14(12-20)4-8-16/h1-10H,11H2,(H,21,23)/b10-9+. The number of carbonyl (C=O) groups is 2. The highest BCUT2D eigenvalue weighted by molar-refractivity contribution is 6.04. The van der Waals surface area contributed by atoms with Gasteiger partial charge in [-0.15, -0.1) is 0 Å². The number of nitrogens with zero attached hydrogens (tertiary/aromatic N) is 1. The van der Waals surface area contributed by atoms with Crippen LogP contribution in [0.3, 0.4) is 0 Å². The predicted molar refractivity (Wildman–Crippen MR) is 84.0 cm³/mol. The highest BCUT2D eigenvalue weighted by Gasteiger charge is 2.03. The maximum atomic E-state index is 12.8. The molecule has 0 bridgehead atoms. The van der Waals surface area contributed by atoms with Crippen LogP contribution in [-0.2, 0) is 16.0 Å². The van der Waals surface area contributed by atoms with E-state index in [9.17, 15) is 14.0 Å². The fourth-order valence-corrected chi connectivity index (χ4v) is 1.84. The first kappa shape index (κ1) is 16.1. The van der Waals surface area contributed by atoms with Gasteiger partial charge in [-0.2, -0.15) is 5.26 Å². The maximum Gasteiger partial charge on any atom is 0.248 e. The number of allylic oxidation sites excluding steroid dienone is 1. The van der Waals surface area contributed by atoms with Gasteiger partial charge in [0.15, 0.2) is 5.78 Å². The van der Waals surface area contributed by atoms with Crippen molar-refractivity contribution < 1.29 is 14.0 Å². The van der Waals surface area contributed by atoms with Gasteiger partial charge < -0.3 is 5.32 Å². The lowest BCUT2D eigenvalue weighted by molar-refractivity contribution is -0.115. The fraction of sp³-hybridized carbons (Fsp3) is 0.0556. The molecule has 0 radical (unpaired) electrons. The number of hydrogen-bond acceptors (Lipinski definition) is 3. The molecule has 1 N–H and O–H groups in total. The van der Waals surface area contributed by atoms with Gasteiger partial charge in [0, 0.05) is 18.2 Å². The minimum atomic E-state index is -0.442. The van der Waals surface area contributed by atoms with Crippen LogP contribution >= 0.6 is 0 Å². The summed E-state index contributed by atoms with van der Waals surface area (Å²) in [6.07, 6.45) is 2.42. The lowest BCUT2D eigenvalue weighted by Crippen LogP contribution is -2.09. The molecule has 4 nitrogen and oxygen atoms in total. The Labute approximate surface area is 132 Å². The molecule has 0 aliphatic heterocycles. The first-order valence-electron chi connectivity index (χ1n) is 6.83. The molecule has 0 unspecified atom stereocenters. The van der Waals surface area contributed by atoms with Crippen LogP contribution in [0.1, 0.15) is 11.1 Å². The third-order valence-electron chi connectivity index (χ3n) is 2.99. The number of amides is 1. The molecule has 2 rings (SSSR count).